The molecule has 0 saturated carbocycles. The highest BCUT2D eigenvalue weighted by atomic mass is 35.5. The van der Waals surface area contributed by atoms with Crippen molar-refractivity contribution in [2.75, 3.05) is 0 Å². The Bertz CT molecular complexity index is 762. The third-order valence-electron chi connectivity index (χ3n) is 3.03. The lowest BCUT2D eigenvalue weighted by Gasteiger charge is -2.12. The first-order chi connectivity index (χ1) is 10.9. The number of nitrogens with one attached hydrogen (secondary N) is 1. The summed E-state index contributed by atoms with van der Waals surface area (Å²) >= 11 is 12.0. The summed E-state index contributed by atoms with van der Waals surface area (Å²) < 4.78 is 11.6. The normalized spacial score (nSPS) is 12.3. The van der Waals surface area contributed by atoms with E-state index in [2.05, 4.69) is 10.3 Å². The molecule has 0 spiro atoms. The molecule has 5 nitrogen and oxygen atoms in total. The van der Waals surface area contributed by atoms with Crippen LogP contribution in [0.25, 0.3) is 0 Å². The van der Waals surface area contributed by atoms with Gasteiger partial charge in [-0.05, 0) is 23.3 Å². The Hall–Kier alpha value is -1.36. The van der Waals surface area contributed by atoms with Crippen molar-refractivity contribution in [1.82, 2.24) is 5.32 Å². The molecule has 0 atom stereocenters. The highest BCUT2D eigenvalue weighted by Crippen LogP contribution is 2.36. The average molecular weight is 373 g/mol. The zero-order valence-electron chi connectivity index (χ0n) is 12.0. The van der Waals surface area contributed by atoms with Crippen LogP contribution < -0.4 is 5.32 Å². The molecular formula is C15H15Cl2N2O3P. The number of amidine groups is 1. The number of benzene rings is 2. The van der Waals surface area contributed by atoms with Crippen molar-refractivity contribution in [2.24, 2.45) is 4.99 Å². The zero-order valence-corrected chi connectivity index (χ0v) is 14.4. The van der Waals surface area contributed by atoms with E-state index in [0.29, 0.717) is 21.2 Å². The van der Waals surface area contributed by atoms with Crippen LogP contribution in [0.5, 0.6) is 0 Å². The van der Waals surface area contributed by atoms with E-state index in [9.17, 15) is 14.4 Å². The summed E-state index contributed by atoms with van der Waals surface area (Å²) in [4.78, 5) is 22.8. The number of hydrogen-bond donors (Lipinski definition) is 3. The number of rotatable bonds is 5. The first-order valence-electron chi connectivity index (χ1n) is 6.69. The molecule has 0 aliphatic carbocycles. The predicted molar refractivity (Wildman–Crippen MR) is 92.9 cm³/mol. The summed E-state index contributed by atoms with van der Waals surface area (Å²) in [5.74, 6) is 0. The molecule has 0 heterocycles. The van der Waals surface area contributed by atoms with E-state index in [-0.39, 0.29) is 13.1 Å². The second-order valence-electron chi connectivity index (χ2n) is 4.72. The minimum atomic E-state index is -4.53. The van der Waals surface area contributed by atoms with Crippen molar-refractivity contribution < 1.29 is 14.4 Å². The zero-order chi connectivity index (χ0) is 16.9. The van der Waals surface area contributed by atoms with Crippen molar-refractivity contribution in [3.8, 4) is 0 Å². The smallest absolute Gasteiger partial charge is 0.359 e. The lowest BCUT2D eigenvalue weighted by Crippen LogP contribution is -2.23. The molecule has 0 radical (unpaired) electrons. The maximum absolute atomic E-state index is 11.6. The van der Waals surface area contributed by atoms with Crippen molar-refractivity contribution in [2.45, 2.75) is 13.1 Å². The second-order valence-corrected chi connectivity index (χ2v) is 7.05. The van der Waals surface area contributed by atoms with Crippen molar-refractivity contribution in [1.29, 1.82) is 0 Å². The first kappa shape index (κ1) is 18.0. The van der Waals surface area contributed by atoms with Gasteiger partial charge in [0.15, 0.2) is 0 Å². The molecule has 0 saturated heterocycles. The Labute approximate surface area is 144 Å². The summed E-state index contributed by atoms with van der Waals surface area (Å²) in [7, 11) is -4.53. The van der Waals surface area contributed by atoms with Crippen LogP contribution in [0.4, 0.5) is 0 Å². The summed E-state index contributed by atoms with van der Waals surface area (Å²) in [6.45, 7) is 0.224. The van der Waals surface area contributed by atoms with Gasteiger partial charge >= 0.3 is 7.60 Å². The molecule has 0 fully saturated rings. The topological polar surface area (TPSA) is 81.9 Å². The number of hydrogen-bond acceptors (Lipinski definition) is 2. The summed E-state index contributed by atoms with van der Waals surface area (Å²) in [6, 6.07) is 14.0. The third kappa shape index (κ3) is 5.34. The first-order valence-corrected chi connectivity index (χ1v) is 9.06. The lowest BCUT2D eigenvalue weighted by molar-refractivity contribution is 0.389. The molecule has 0 bridgehead atoms. The molecule has 23 heavy (non-hydrogen) atoms. The van der Waals surface area contributed by atoms with Gasteiger partial charge in [-0.15, -0.1) is 0 Å². The number of halogens is 2. The van der Waals surface area contributed by atoms with Crippen LogP contribution in [-0.4, -0.2) is 15.4 Å². The monoisotopic (exact) mass is 372 g/mol. The van der Waals surface area contributed by atoms with Crippen LogP contribution in [0, 0.1) is 0 Å². The molecule has 2 aromatic carbocycles. The van der Waals surface area contributed by atoms with Gasteiger partial charge in [0.2, 0.25) is 5.58 Å². The number of aliphatic imine (C=N–C) groups is 1. The average Bonchev–Trinajstić information content (AvgIpc) is 2.49. The van der Waals surface area contributed by atoms with E-state index in [1.165, 1.54) is 0 Å². The van der Waals surface area contributed by atoms with Gasteiger partial charge < -0.3 is 15.1 Å². The van der Waals surface area contributed by atoms with E-state index < -0.39 is 13.2 Å². The van der Waals surface area contributed by atoms with E-state index in [4.69, 9.17) is 23.2 Å². The third-order valence-corrected chi connectivity index (χ3v) is 4.62. The fraction of sp³-hybridized carbons (Fsp3) is 0.133. The summed E-state index contributed by atoms with van der Waals surface area (Å²) in [6.07, 6.45) is 0. The maximum Gasteiger partial charge on any atom is 0.390 e. The Morgan fingerprint density at radius 3 is 2.04 bits per heavy atom. The minimum absolute atomic E-state index is 0.0651. The molecule has 0 aliphatic heterocycles. The fourth-order valence-electron chi connectivity index (χ4n) is 1.85. The number of nitrogens with zero attached hydrogens (tertiary/aromatic N) is 1. The summed E-state index contributed by atoms with van der Waals surface area (Å²) in [5, 5.41) is 3.67. The van der Waals surface area contributed by atoms with Gasteiger partial charge in [-0.25, -0.2) is 0 Å². The van der Waals surface area contributed by atoms with Gasteiger partial charge in [-0.2, -0.15) is 0 Å². The van der Waals surface area contributed by atoms with E-state index in [0.717, 1.165) is 0 Å². The molecule has 2 aromatic rings. The van der Waals surface area contributed by atoms with Crippen LogP contribution in [0.15, 0.2) is 53.5 Å². The SMILES string of the molecule is O=P(O)(O)C(=NCc1ccccc1Cl)NCc1ccccc1Cl. The minimum Gasteiger partial charge on any atom is -0.359 e. The van der Waals surface area contributed by atoms with Gasteiger partial charge in [0, 0.05) is 16.6 Å². The predicted octanol–water partition coefficient (Wildman–Crippen LogP) is 3.82. The van der Waals surface area contributed by atoms with Crippen molar-refractivity contribution in [3.63, 3.8) is 0 Å². The lowest BCUT2D eigenvalue weighted by atomic mass is 10.2. The Morgan fingerprint density at radius 1 is 1.00 bits per heavy atom. The summed E-state index contributed by atoms with van der Waals surface area (Å²) in [5.41, 5.74) is 1.00. The van der Waals surface area contributed by atoms with E-state index in [1.807, 2.05) is 0 Å². The van der Waals surface area contributed by atoms with Crippen LogP contribution in [0.2, 0.25) is 10.0 Å². The van der Waals surface area contributed by atoms with Gasteiger partial charge in [0.25, 0.3) is 0 Å². The molecule has 2 rings (SSSR count). The Balaban J connectivity index is 2.15. The van der Waals surface area contributed by atoms with Crippen LogP contribution in [0.3, 0.4) is 0 Å². The van der Waals surface area contributed by atoms with E-state index >= 15 is 0 Å². The molecule has 0 aromatic heterocycles. The Kier molecular flexibility index (Phi) is 6.22. The molecule has 122 valence electrons. The van der Waals surface area contributed by atoms with Gasteiger partial charge in [0.1, 0.15) is 0 Å². The maximum atomic E-state index is 11.6. The van der Waals surface area contributed by atoms with Crippen molar-refractivity contribution >= 4 is 36.4 Å². The quantitative estimate of drug-likeness (QED) is 0.423. The van der Waals surface area contributed by atoms with Crippen LogP contribution in [-0.2, 0) is 17.7 Å². The van der Waals surface area contributed by atoms with Gasteiger partial charge in [-0.1, -0.05) is 59.6 Å². The highest BCUT2D eigenvalue weighted by Gasteiger charge is 2.23. The van der Waals surface area contributed by atoms with Crippen LogP contribution >= 0.6 is 30.8 Å². The van der Waals surface area contributed by atoms with Gasteiger partial charge in [0.05, 0.1) is 6.54 Å². The molecule has 0 aliphatic rings. The standard InChI is InChI=1S/C15H15Cl2N2O3P/c16-13-7-3-1-5-11(13)9-18-15(23(20,21)22)19-10-12-6-2-4-8-14(12)17/h1-8H,9-10H2,(H,18,19)(H2,20,21,22). The van der Waals surface area contributed by atoms with Gasteiger partial charge in [-0.3, -0.25) is 9.56 Å². The van der Waals surface area contributed by atoms with Crippen molar-refractivity contribution in [3.05, 3.63) is 69.7 Å². The molecule has 8 heteroatoms. The molecular weight excluding hydrogens is 358 g/mol. The highest BCUT2D eigenvalue weighted by molar-refractivity contribution is 7.70. The fourth-order valence-corrected chi connectivity index (χ4v) is 2.79. The molecule has 0 unspecified atom stereocenters. The Morgan fingerprint density at radius 2 is 1.52 bits per heavy atom. The van der Waals surface area contributed by atoms with E-state index in [1.54, 1.807) is 48.5 Å². The largest absolute Gasteiger partial charge is 0.390 e. The van der Waals surface area contributed by atoms with Crippen LogP contribution in [0.1, 0.15) is 11.1 Å². The molecule has 3 N–H and O–H groups in total. The molecule has 0 amide bonds. The second kappa shape index (κ2) is 7.95.